The molecule has 1 atom stereocenters. The molecule has 1 unspecified atom stereocenters. The Labute approximate surface area is 242 Å². The molecular formula is C32H30N2O4S2. The quantitative estimate of drug-likeness (QED) is 0.174. The van der Waals surface area contributed by atoms with Gasteiger partial charge in [-0.1, -0.05) is 54.1 Å². The molecule has 3 aromatic carbocycles. The van der Waals surface area contributed by atoms with Gasteiger partial charge in [0.05, 0.1) is 18.4 Å². The number of nitrogens with one attached hydrogen (secondary N) is 2. The van der Waals surface area contributed by atoms with Crippen LogP contribution in [0.1, 0.15) is 54.6 Å². The number of thiophene rings is 1. The zero-order valence-electron chi connectivity index (χ0n) is 22.4. The van der Waals surface area contributed by atoms with E-state index in [1.807, 2.05) is 55.5 Å². The highest BCUT2D eigenvalue weighted by Crippen LogP contribution is 2.43. The number of thioether (sulfide) groups is 1. The maximum absolute atomic E-state index is 13.0. The fraction of sp³-hybridized carbons (Fsp3) is 0.219. The molecule has 8 heteroatoms. The lowest BCUT2D eigenvalue weighted by Crippen LogP contribution is -2.17. The van der Waals surface area contributed by atoms with E-state index >= 15 is 0 Å². The van der Waals surface area contributed by atoms with Gasteiger partial charge >= 0.3 is 5.97 Å². The Kier molecular flexibility index (Phi) is 8.67. The van der Waals surface area contributed by atoms with Crippen LogP contribution in [-0.2, 0) is 22.4 Å². The summed E-state index contributed by atoms with van der Waals surface area (Å²) in [7, 11) is 1.37. The number of fused-ring (bicyclic) bond motifs is 1. The lowest BCUT2D eigenvalue weighted by atomic mass is 9.83. The number of hydrogen-bond donors (Lipinski definition) is 2. The Balaban J connectivity index is 1.24. The zero-order chi connectivity index (χ0) is 28.1. The van der Waals surface area contributed by atoms with E-state index < -0.39 is 5.97 Å². The van der Waals surface area contributed by atoms with Gasteiger partial charge in [0, 0.05) is 21.0 Å². The SMILES string of the molecule is COC(=O)c1c(NC(=O)CSc2cccc(NC(=O)c3cccc(C)c3)c2)sc2c1CCC(c1ccccc1)C2. The maximum atomic E-state index is 13.0. The van der Waals surface area contributed by atoms with Crippen LogP contribution in [0.2, 0.25) is 0 Å². The molecule has 2 N–H and O–H groups in total. The highest BCUT2D eigenvalue weighted by atomic mass is 32.2. The van der Waals surface area contributed by atoms with E-state index in [9.17, 15) is 14.4 Å². The first-order valence-electron chi connectivity index (χ1n) is 13.1. The van der Waals surface area contributed by atoms with Gasteiger partial charge < -0.3 is 15.4 Å². The Bertz CT molecular complexity index is 1550. The number of aryl methyl sites for hydroxylation is 1. The van der Waals surface area contributed by atoms with Crippen molar-refractivity contribution in [3.8, 4) is 0 Å². The molecule has 0 spiro atoms. The first-order chi connectivity index (χ1) is 19.4. The lowest BCUT2D eigenvalue weighted by molar-refractivity contribution is -0.113. The number of rotatable bonds is 8. The Morgan fingerprint density at radius 3 is 2.55 bits per heavy atom. The Hall–Kier alpha value is -3.88. The van der Waals surface area contributed by atoms with Crippen LogP contribution in [0.5, 0.6) is 0 Å². The molecule has 1 aliphatic carbocycles. The summed E-state index contributed by atoms with van der Waals surface area (Å²) >= 11 is 2.84. The van der Waals surface area contributed by atoms with Crippen LogP contribution in [-0.4, -0.2) is 30.6 Å². The highest BCUT2D eigenvalue weighted by Gasteiger charge is 2.30. The number of amides is 2. The molecule has 1 heterocycles. The molecule has 0 radical (unpaired) electrons. The molecule has 0 bridgehead atoms. The van der Waals surface area contributed by atoms with E-state index in [2.05, 4.69) is 34.9 Å². The van der Waals surface area contributed by atoms with E-state index in [0.717, 1.165) is 40.2 Å². The number of methoxy groups -OCH3 is 1. The largest absolute Gasteiger partial charge is 0.465 e. The molecule has 40 heavy (non-hydrogen) atoms. The van der Waals surface area contributed by atoms with Gasteiger partial charge in [0.15, 0.2) is 0 Å². The van der Waals surface area contributed by atoms with Crippen molar-refractivity contribution in [2.24, 2.45) is 0 Å². The van der Waals surface area contributed by atoms with Crippen LogP contribution in [0.4, 0.5) is 10.7 Å². The number of esters is 1. The van der Waals surface area contributed by atoms with Gasteiger partial charge in [-0.25, -0.2) is 4.79 Å². The van der Waals surface area contributed by atoms with Gasteiger partial charge in [-0.2, -0.15) is 0 Å². The minimum absolute atomic E-state index is 0.158. The second-order valence-electron chi connectivity index (χ2n) is 9.74. The Morgan fingerprint density at radius 1 is 0.975 bits per heavy atom. The van der Waals surface area contributed by atoms with E-state index in [1.54, 1.807) is 6.07 Å². The average molecular weight is 571 g/mol. The standard InChI is InChI=1S/C32H30N2O4S2/c1-20-8-6-11-23(16-20)30(36)33-24-12-7-13-25(18-24)39-19-28(35)34-31-29(32(37)38-2)26-15-14-22(17-27(26)40-31)21-9-4-3-5-10-21/h3-13,16,18,22H,14-15,17,19H2,1-2H3,(H,33,36)(H,34,35). The van der Waals surface area contributed by atoms with E-state index in [0.29, 0.717) is 27.7 Å². The van der Waals surface area contributed by atoms with Crippen LogP contribution in [0, 0.1) is 6.92 Å². The molecule has 5 rings (SSSR count). The first-order valence-corrected chi connectivity index (χ1v) is 14.9. The zero-order valence-corrected chi connectivity index (χ0v) is 24.0. The molecule has 0 saturated carbocycles. The number of anilines is 2. The normalized spacial score (nSPS) is 14.2. The number of carbonyl (C=O) groups excluding carboxylic acids is 3. The summed E-state index contributed by atoms with van der Waals surface area (Å²) in [5, 5.41) is 6.44. The maximum Gasteiger partial charge on any atom is 0.341 e. The third kappa shape index (κ3) is 6.46. The van der Waals surface area contributed by atoms with Gasteiger partial charge in [-0.15, -0.1) is 23.1 Å². The van der Waals surface area contributed by atoms with Crippen LogP contribution < -0.4 is 10.6 Å². The molecule has 0 saturated heterocycles. The fourth-order valence-electron chi connectivity index (χ4n) is 4.97. The number of benzene rings is 3. The summed E-state index contributed by atoms with van der Waals surface area (Å²) < 4.78 is 5.08. The van der Waals surface area contributed by atoms with Crippen LogP contribution >= 0.6 is 23.1 Å². The van der Waals surface area contributed by atoms with Crippen molar-refractivity contribution in [2.75, 3.05) is 23.5 Å². The third-order valence-corrected chi connectivity index (χ3v) is 9.08. The monoisotopic (exact) mass is 570 g/mol. The van der Waals surface area contributed by atoms with Crippen molar-refractivity contribution in [3.05, 3.63) is 112 Å². The second kappa shape index (κ2) is 12.5. The van der Waals surface area contributed by atoms with Gasteiger partial charge in [0.1, 0.15) is 5.00 Å². The molecular weight excluding hydrogens is 540 g/mol. The van der Waals surface area contributed by atoms with Crippen molar-refractivity contribution in [3.63, 3.8) is 0 Å². The van der Waals surface area contributed by atoms with Crippen LogP contribution in [0.3, 0.4) is 0 Å². The lowest BCUT2D eigenvalue weighted by Gasteiger charge is -2.22. The number of hydrogen-bond acceptors (Lipinski definition) is 6. The predicted octanol–water partition coefficient (Wildman–Crippen LogP) is 7.10. The predicted molar refractivity (Wildman–Crippen MR) is 162 cm³/mol. The minimum atomic E-state index is -0.421. The van der Waals surface area contributed by atoms with Gasteiger partial charge in [-0.3, -0.25) is 9.59 Å². The fourth-order valence-corrected chi connectivity index (χ4v) is 7.05. The van der Waals surface area contributed by atoms with Crippen molar-refractivity contribution < 1.29 is 19.1 Å². The van der Waals surface area contributed by atoms with Crippen LogP contribution in [0.15, 0.2) is 83.8 Å². The van der Waals surface area contributed by atoms with E-state index in [1.165, 1.54) is 35.8 Å². The molecule has 0 aliphatic heterocycles. The second-order valence-corrected chi connectivity index (χ2v) is 11.9. The molecule has 1 aromatic heterocycles. The highest BCUT2D eigenvalue weighted by molar-refractivity contribution is 8.00. The smallest absolute Gasteiger partial charge is 0.341 e. The molecule has 0 fully saturated rings. The summed E-state index contributed by atoms with van der Waals surface area (Å²) in [5.41, 5.74) is 5.02. The summed E-state index contributed by atoms with van der Waals surface area (Å²) in [6.07, 6.45) is 2.54. The van der Waals surface area contributed by atoms with Gasteiger partial charge in [0.2, 0.25) is 5.91 Å². The minimum Gasteiger partial charge on any atom is -0.465 e. The molecule has 4 aromatic rings. The molecule has 1 aliphatic rings. The molecule has 2 amide bonds. The summed E-state index contributed by atoms with van der Waals surface area (Å²) in [4.78, 5) is 40.3. The summed E-state index contributed by atoms with van der Waals surface area (Å²) in [5.74, 6) is -0.269. The number of carbonyl (C=O) groups is 3. The van der Waals surface area contributed by atoms with Crippen molar-refractivity contribution in [1.82, 2.24) is 0 Å². The van der Waals surface area contributed by atoms with Gasteiger partial charge in [0.25, 0.3) is 5.91 Å². The topological polar surface area (TPSA) is 84.5 Å². The van der Waals surface area contributed by atoms with Crippen molar-refractivity contribution in [2.45, 2.75) is 37.0 Å². The molecule has 6 nitrogen and oxygen atoms in total. The van der Waals surface area contributed by atoms with Crippen LogP contribution in [0.25, 0.3) is 0 Å². The van der Waals surface area contributed by atoms with Crippen molar-refractivity contribution >= 4 is 51.6 Å². The van der Waals surface area contributed by atoms with E-state index in [-0.39, 0.29) is 17.6 Å². The van der Waals surface area contributed by atoms with Crippen molar-refractivity contribution in [1.29, 1.82) is 0 Å². The third-order valence-electron chi connectivity index (χ3n) is 6.92. The summed E-state index contributed by atoms with van der Waals surface area (Å²) in [6.45, 7) is 1.94. The summed E-state index contributed by atoms with van der Waals surface area (Å²) in [6, 6.07) is 25.2. The molecule has 204 valence electrons. The Morgan fingerprint density at radius 2 is 1.77 bits per heavy atom. The van der Waals surface area contributed by atoms with Gasteiger partial charge in [-0.05, 0) is 73.6 Å². The first kappa shape index (κ1) is 27.7. The number of ether oxygens (including phenoxy) is 1. The average Bonchev–Trinajstić information content (AvgIpc) is 3.33. The van der Waals surface area contributed by atoms with E-state index in [4.69, 9.17) is 4.74 Å².